The lowest BCUT2D eigenvalue weighted by Gasteiger charge is -2.50. The Morgan fingerprint density at radius 2 is 0.444 bits per heavy atom. The van der Waals surface area contributed by atoms with Gasteiger partial charge in [-0.25, -0.2) is 0 Å². The van der Waals surface area contributed by atoms with Crippen molar-refractivity contribution >= 4 is 17.7 Å². The molecule has 0 aromatic heterocycles. The van der Waals surface area contributed by atoms with Crippen molar-refractivity contribution in [1.82, 2.24) is 16.0 Å². The highest BCUT2D eigenvalue weighted by atomic mass is 16.2. The van der Waals surface area contributed by atoms with Crippen molar-refractivity contribution in [3.63, 3.8) is 0 Å². The van der Waals surface area contributed by atoms with E-state index >= 15 is 0 Å². The number of carbonyl (C=O) groups is 3. The van der Waals surface area contributed by atoms with Gasteiger partial charge in [0.1, 0.15) is 0 Å². The van der Waals surface area contributed by atoms with E-state index < -0.39 is 16.2 Å². The van der Waals surface area contributed by atoms with Gasteiger partial charge in [-0.3, -0.25) is 14.4 Å². The van der Waals surface area contributed by atoms with Crippen LogP contribution in [0, 0.1) is 16.2 Å². The Bertz CT molecular complexity index is 1200. The maximum atomic E-state index is 14.2. The van der Waals surface area contributed by atoms with Crippen LogP contribution in [0.3, 0.4) is 0 Å². The van der Waals surface area contributed by atoms with E-state index in [4.69, 9.17) is 0 Å². The molecular weight excluding hydrogens is 883 g/mol. The molecular formula is C66H123N3O3. The Labute approximate surface area is 449 Å². The summed E-state index contributed by atoms with van der Waals surface area (Å²) in [6.45, 7) is 14.8. The summed E-state index contributed by atoms with van der Waals surface area (Å²) in [5.74, 6) is -0.0150. The molecule has 0 bridgehead atoms. The number of unbranched alkanes of at least 4 members (excludes halogenated alkanes) is 36. The first-order chi connectivity index (χ1) is 35.1. The van der Waals surface area contributed by atoms with Crippen LogP contribution in [0.2, 0.25) is 0 Å². The normalized spacial score (nSPS) is 19.2. The van der Waals surface area contributed by atoms with E-state index in [1.165, 1.54) is 231 Å². The Balaban J connectivity index is 2.58. The molecule has 0 heterocycles. The molecule has 1 aliphatic rings. The first-order valence-corrected chi connectivity index (χ1v) is 31.9. The molecule has 0 spiro atoms. The Morgan fingerprint density at radius 3 is 0.639 bits per heavy atom. The highest BCUT2D eigenvalue weighted by Crippen LogP contribution is 2.55. The van der Waals surface area contributed by atoms with Gasteiger partial charge in [-0.1, -0.05) is 251 Å². The van der Waals surface area contributed by atoms with Crippen molar-refractivity contribution in [2.24, 2.45) is 16.2 Å². The zero-order valence-electron chi connectivity index (χ0n) is 49.1. The van der Waals surface area contributed by atoms with E-state index in [0.29, 0.717) is 38.9 Å². The highest BCUT2D eigenvalue weighted by molar-refractivity contribution is 5.90. The summed E-state index contributed by atoms with van der Waals surface area (Å²) in [5.41, 5.74) is -2.44. The minimum absolute atomic E-state index is 0.00501. The molecule has 0 saturated heterocycles. The van der Waals surface area contributed by atoms with Crippen LogP contribution in [-0.2, 0) is 14.4 Å². The van der Waals surface area contributed by atoms with Gasteiger partial charge >= 0.3 is 0 Å². The lowest BCUT2D eigenvalue weighted by molar-refractivity contribution is -0.154. The van der Waals surface area contributed by atoms with Gasteiger partial charge in [0.05, 0.1) is 0 Å². The fourth-order valence-corrected chi connectivity index (χ4v) is 11.6. The number of nitrogens with one attached hydrogen (secondary N) is 3. The van der Waals surface area contributed by atoms with Crippen molar-refractivity contribution in [3.8, 4) is 0 Å². The number of allylic oxidation sites excluding steroid dienone is 6. The molecule has 0 atom stereocenters. The standard InChI is InChI=1S/C66H123N3O3/c1-7-10-13-16-19-22-25-28-31-34-37-40-43-46-49-52-55-67-61(70)64(4)58-65(5,62(71)68-56-53-50-47-44-41-38-35-32-29-26-23-20-17-14-11-8-2)60-66(6,59-64)63(72)69-57-54-51-48-45-42-39-36-33-30-27-24-21-18-15-12-9-3/h28-33H,7-27,34-60H2,1-6H3,(H,67,70)(H,68,71)(H,69,72)/b31-28-,32-29-,33-30-. The van der Waals surface area contributed by atoms with Gasteiger partial charge in [0.15, 0.2) is 0 Å². The lowest BCUT2D eigenvalue weighted by atomic mass is 9.53. The minimum Gasteiger partial charge on any atom is -0.356 e. The van der Waals surface area contributed by atoms with Gasteiger partial charge in [0.25, 0.3) is 0 Å². The van der Waals surface area contributed by atoms with E-state index in [9.17, 15) is 14.4 Å². The van der Waals surface area contributed by atoms with Crippen molar-refractivity contribution < 1.29 is 14.4 Å². The molecule has 0 radical (unpaired) electrons. The third-order valence-corrected chi connectivity index (χ3v) is 15.9. The summed E-state index contributed by atoms with van der Waals surface area (Å²) in [7, 11) is 0. The molecule has 1 fully saturated rings. The summed E-state index contributed by atoms with van der Waals surface area (Å²) >= 11 is 0. The number of amides is 3. The predicted molar refractivity (Wildman–Crippen MR) is 316 cm³/mol. The molecule has 6 nitrogen and oxygen atoms in total. The monoisotopic (exact) mass is 1010 g/mol. The zero-order valence-corrected chi connectivity index (χ0v) is 49.1. The maximum absolute atomic E-state index is 14.2. The number of carbonyl (C=O) groups excluding carboxylic acids is 3. The van der Waals surface area contributed by atoms with Gasteiger partial charge in [-0.05, 0) is 116 Å². The second-order valence-electron chi connectivity index (χ2n) is 23.8. The van der Waals surface area contributed by atoms with Crippen LogP contribution in [0.25, 0.3) is 0 Å². The fraction of sp³-hybridized carbons (Fsp3) is 0.864. The van der Waals surface area contributed by atoms with Crippen molar-refractivity contribution in [1.29, 1.82) is 0 Å². The maximum Gasteiger partial charge on any atom is 0.226 e. The number of hydrogen-bond donors (Lipinski definition) is 3. The fourth-order valence-electron chi connectivity index (χ4n) is 11.6. The van der Waals surface area contributed by atoms with E-state index in [1.807, 2.05) is 20.8 Å². The Hall–Kier alpha value is -2.37. The quantitative estimate of drug-likeness (QED) is 0.0419. The third kappa shape index (κ3) is 36.6. The van der Waals surface area contributed by atoms with Crippen LogP contribution in [0.15, 0.2) is 36.5 Å². The van der Waals surface area contributed by atoms with Gasteiger partial charge in [-0.2, -0.15) is 0 Å². The van der Waals surface area contributed by atoms with E-state index in [1.54, 1.807) is 0 Å². The summed E-state index contributed by atoms with van der Waals surface area (Å²) in [4.78, 5) is 42.5. The van der Waals surface area contributed by atoms with Crippen LogP contribution in [0.4, 0.5) is 0 Å². The molecule has 3 N–H and O–H groups in total. The topological polar surface area (TPSA) is 87.3 Å². The first-order valence-electron chi connectivity index (χ1n) is 31.9. The van der Waals surface area contributed by atoms with Crippen LogP contribution < -0.4 is 16.0 Å². The van der Waals surface area contributed by atoms with E-state index in [0.717, 1.165) is 38.5 Å². The lowest BCUT2D eigenvalue weighted by Crippen LogP contribution is -2.58. The van der Waals surface area contributed by atoms with Crippen molar-refractivity contribution in [2.75, 3.05) is 19.6 Å². The predicted octanol–water partition coefficient (Wildman–Crippen LogP) is 19.7. The molecule has 72 heavy (non-hydrogen) atoms. The van der Waals surface area contributed by atoms with Gasteiger partial charge in [0.2, 0.25) is 17.7 Å². The molecule has 1 aliphatic carbocycles. The second kappa shape index (κ2) is 47.1. The molecule has 1 rings (SSSR count). The van der Waals surface area contributed by atoms with Crippen molar-refractivity contribution in [2.45, 2.75) is 330 Å². The zero-order chi connectivity index (χ0) is 52.5. The number of rotatable bonds is 51. The minimum atomic E-state index is -0.814. The largest absolute Gasteiger partial charge is 0.356 e. The number of hydrogen-bond acceptors (Lipinski definition) is 3. The molecule has 420 valence electrons. The van der Waals surface area contributed by atoms with Crippen LogP contribution in [-0.4, -0.2) is 37.4 Å². The first kappa shape index (κ1) is 67.6. The summed E-state index contributed by atoms with van der Waals surface area (Å²) in [6, 6.07) is 0. The SMILES string of the molecule is CCCCCCCC/C=C\CCCCCCCCNC(=O)C1(C)CC(C)(C(=O)NCCCCCCCC/C=C\CCCCCCCC)CC(C)(C(=O)NCCCCCCCC/C=C\CCCCCCCC)C1. The molecule has 3 amide bonds. The summed E-state index contributed by atoms with van der Waals surface area (Å²) in [5, 5.41) is 9.85. The van der Waals surface area contributed by atoms with Crippen LogP contribution in [0.5, 0.6) is 0 Å². The van der Waals surface area contributed by atoms with Gasteiger partial charge in [0, 0.05) is 35.9 Å². The molecule has 0 aliphatic heterocycles. The molecule has 1 saturated carbocycles. The van der Waals surface area contributed by atoms with Gasteiger partial charge < -0.3 is 16.0 Å². The van der Waals surface area contributed by atoms with Crippen LogP contribution >= 0.6 is 0 Å². The molecule has 6 heteroatoms. The summed E-state index contributed by atoms with van der Waals surface area (Å²) in [6.07, 6.45) is 68.6. The molecule has 0 unspecified atom stereocenters. The third-order valence-electron chi connectivity index (χ3n) is 15.9. The molecule has 0 aromatic carbocycles. The molecule has 0 aromatic rings. The van der Waals surface area contributed by atoms with Gasteiger partial charge in [-0.15, -0.1) is 0 Å². The van der Waals surface area contributed by atoms with Crippen molar-refractivity contribution in [3.05, 3.63) is 36.5 Å². The summed E-state index contributed by atoms with van der Waals surface area (Å²) < 4.78 is 0. The van der Waals surface area contributed by atoms with E-state index in [2.05, 4.69) is 73.2 Å². The van der Waals surface area contributed by atoms with E-state index in [-0.39, 0.29) is 17.7 Å². The van der Waals surface area contributed by atoms with Crippen LogP contribution in [0.1, 0.15) is 330 Å². The highest BCUT2D eigenvalue weighted by Gasteiger charge is 2.57. The average molecular weight is 1010 g/mol. The average Bonchev–Trinajstić information content (AvgIpc) is 3.36. The smallest absolute Gasteiger partial charge is 0.226 e. The Morgan fingerprint density at radius 1 is 0.278 bits per heavy atom. The second-order valence-corrected chi connectivity index (χ2v) is 23.8. The Kier molecular flexibility index (Phi) is 44.3.